The van der Waals surface area contributed by atoms with Crippen molar-refractivity contribution in [2.75, 3.05) is 13.1 Å². The molecule has 0 spiro atoms. The first-order valence-corrected chi connectivity index (χ1v) is 7.74. The Kier molecular flexibility index (Phi) is 5.48. The number of likely N-dealkylation sites (tertiary alicyclic amines) is 1. The Morgan fingerprint density at radius 1 is 1.04 bits per heavy atom. The second kappa shape index (κ2) is 6.86. The third-order valence-corrected chi connectivity index (χ3v) is 4.47. The molecule has 134 valence electrons. The Morgan fingerprint density at radius 3 is 2.35 bits per heavy atom. The zero-order valence-electron chi connectivity index (χ0n) is 12.5. The first-order chi connectivity index (χ1) is 10.6. The van der Waals surface area contributed by atoms with E-state index in [9.17, 15) is 31.1 Å². The molecular formula is C14H20F6N2O. The summed E-state index contributed by atoms with van der Waals surface area (Å²) in [5.74, 6) is -2.07. The van der Waals surface area contributed by atoms with E-state index in [1.165, 1.54) is 0 Å². The number of carbonyl (C=O) groups is 1. The number of nitrogens with one attached hydrogen (secondary N) is 1. The molecule has 1 aliphatic heterocycles. The van der Waals surface area contributed by atoms with Crippen LogP contribution < -0.4 is 5.32 Å². The Bertz CT molecular complexity index is 422. The van der Waals surface area contributed by atoms with Crippen LogP contribution >= 0.6 is 0 Å². The van der Waals surface area contributed by atoms with Crippen LogP contribution in [-0.4, -0.2) is 48.3 Å². The van der Waals surface area contributed by atoms with Gasteiger partial charge in [-0.1, -0.05) is 6.42 Å². The van der Waals surface area contributed by atoms with Crippen molar-refractivity contribution in [3.63, 3.8) is 0 Å². The molecule has 2 aliphatic rings. The predicted molar refractivity (Wildman–Crippen MR) is 70.6 cm³/mol. The van der Waals surface area contributed by atoms with Gasteiger partial charge in [0.1, 0.15) is 6.54 Å². The standard InChI is InChI=1S/C14H20F6N2O/c15-13(16,17)8-22-6-2-5-11(12(22)23)21-10-4-1-3-9(7-10)14(18,19)20/h9-11,21H,1-8H2. The minimum absolute atomic E-state index is 0.0341. The normalized spacial score (nSPS) is 30.6. The molecule has 9 heteroatoms. The first-order valence-electron chi connectivity index (χ1n) is 7.74. The van der Waals surface area contributed by atoms with Crippen molar-refractivity contribution in [3.8, 4) is 0 Å². The maximum Gasteiger partial charge on any atom is 0.406 e. The zero-order valence-corrected chi connectivity index (χ0v) is 12.5. The van der Waals surface area contributed by atoms with Gasteiger partial charge in [-0.05, 0) is 32.1 Å². The highest BCUT2D eigenvalue weighted by Gasteiger charge is 2.43. The summed E-state index contributed by atoms with van der Waals surface area (Å²) in [7, 11) is 0. The van der Waals surface area contributed by atoms with Gasteiger partial charge in [-0.2, -0.15) is 26.3 Å². The minimum Gasteiger partial charge on any atom is -0.332 e. The van der Waals surface area contributed by atoms with E-state index in [0.29, 0.717) is 25.7 Å². The molecule has 2 fully saturated rings. The number of carbonyl (C=O) groups excluding carboxylic acids is 1. The van der Waals surface area contributed by atoms with E-state index in [0.717, 1.165) is 4.90 Å². The van der Waals surface area contributed by atoms with E-state index in [2.05, 4.69) is 5.32 Å². The third-order valence-electron chi connectivity index (χ3n) is 4.47. The number of hydrogen-bond donors (Lipinski definition) is 1. The topological polar surface area (TPSA) is 32.3 Å². The molecule has 3 atom stereocenters. The number of piperidine rings is 1. The van der Waals surface area contributed by atoms with E-state index in [-0.39, 0.29) is 19.4 Å². The van der Waals surface area contributed by atoms with Gasteiger partial charge in [0, 0.05) is 12.6 Å². The molecule has 1 saturated carbocycles. The van der Waals surface area contributed by atoms with Gasteiger partial charge in [0.2, 0.25) is 5.91 Å². The molecule has 0 aromatic rings. The summed E-state index contributed by atoms with van der Waals surface area (Å²) in [6, 6.07) is -1.29. The summed E-state index contributed by atoms with van der Waals surface area (Å²) in [4.78, 5) is 12.8. The number of amides is 1. The Balaban J connectivity index is 1.92. The quantitative estimate of drug-likeness (QED) is 0.796. The third kappa shape index (κ3) is 5.26. The van der Waals surface area contributed by atoms with Crippen LogP contribution in [0.2, 0.25) is 0 Å². The summed E-state index contributed by atoms with van der Waals surface area (Å²) in [6.45, 7) is -1.27. The Morgan fingerprint density at radius 2 is 1.74 bits per heavy atom. The lowest BCUT2D eigenvalue weighted by Crippen LogP contribution is -2.56. The van der Waals surface area contributed by atoms with Crippen molar-refractivity contribution in [1.29, 1.82) is 0 Å². The van der Waals surface area contributed by atoms with Crippen LogP contribution in [0, 0.1) is 5.92 Å². The highest BCUT2D eigenvalue weighted by Crippen LogP contribution is 2.37. The lowest BCUT2D eigenvalue weighted by Gasteiger charge is -2.37. The summed E-state index contributed by atoms with van der Waals surface area (Å²) >= 11 is 0. The van der Waals surface area contributed by atoms with Gasteiger partial charge in [-0.25, -0.2) is 0 Å². The van der Waals surface area contributed by atoms with Crippen molar-refractivity contribution in [1.82, 2.24) is 10.2 Å². The fourth-order valence-corrected chi connectivity index (χ4v) is 3.39. The van der Waals surface area contributed by atoms with Crippen molar-refractivity contribution < 1.29 is 31.1 Å². The first kappa shape index (κ1) is 18.4. The SMILES string of the molecule is O=C1C(NC2CCCC(C(F)(F)F)C2)CCCN1CC(F)(F)F. The number of rotatable bonds is 3. The molecule has 0 aromatic heterocycles. The van der Waals surface area contributed by atoms with E-state index >= 15 is 0 Å². The molecule has 2 rings (SSSR count). The van der Waals surface area contributed by atoms with E-state index in [1.54, 1.807) is 0 Å². The maximum atomic E-state index is 12.8. The maximum absolute atomic E-state index is 12.8. The molecule has 0 aromatic carbocycles. The van der Waals surface area contributed by atoms with Crippen LogP contribution in [0.4, 0.5) is 26.3 Å². The molecular weight excluding hydrogens is 326 g/mol. The average Bonchev–Trinajstić information content (AvgIpc) is 2.41. The van der Waals surface area contributed by atoms with Gasteiger partial charge < -0.3 is 10.2 Å². The second-order valence-corrected chi connectivity index (χ2v) is 6.34. The van der Waals surface area contributed by atoms with Gasteiger partial charge in [0.25, 0.3) is 0 Å². The molecule has 0 bridgehead atoms. The molecule has 1 aliphatic carbocycles. The van der Waals surface area contributed by atoms with Crippen LogP contribution in [0.5, 0.6) is 0 Å². The average molecular weight is 346 g/mol. The lowest BCUT2D eigenvalue weighted by molar-refractivity contribution is -0.184. The van der Waals surface area contributed by atoms with Gasteiger partial charge >= 0.3 is 12.4 Å². The number of hydrogen-bond acceptors (Lipinski definition) is 2. The van der Waals surface area contributed by atoms with Gasteiger partial charge in [0.15, 0.2) is 0 Å². The largest absolute Gasteiger partial charge is 0.406 e. The molecule has 1 heterocycles. The van der Waals surface area contributed by atoms with E-state index in [1.807, 2.05) is 0 Å². The van der Waals surface area contributed by atoms with Crippen LogP contribution in [0.3, 0.4) is 0 Å². The molecule has 1 amide bonds. The molecule has 23 heavy (non-hydrogen) atoms. The molecule has 0 radical (unpaired) electrons. The highest BCUT2D eigenvalue weighted by molar-refractivity contribution is 5.82. The Labute approximate surface area is 130 Å². The van der Waals surface area contributed by atoms with E-state index < -0.39 is 42.8 Å². The van der Waals surface area contributed by atoms with Crippen molar-refractivity contribution in [2.24, 2.45) is 5.92 Å². The molecule has 3 nitrogen and oxygen atoms in total. The predicted octanol–water partition coefficient (Wildman–Crippen LogP) is 3.25. The summed E-state index contributed by atoms with van der Waals surface area (Å²) in [5, 5.41) is 2.87. The molecule has 1 N–H and O–H groups in total. The van der Waals surface area contributed by atoms with Gasteiger partial charge in [-0.15, -0.1) is 0 Å². The second-order valence-electron chi connectivity index (χ2n) is 6.34. The highest BCUT2D eigenvalue weighted by atomic mass is 19.4. The van der Waals surface area contributed by atoms with Crippen LogP contribution in [0.1, 0.15) is 38.5 Å². The summed E-state index contributed by atoms with van der Waals surface area (Å²) in [6.07, 6.45) is -7.10. The van der Waals surface area contributed by atoms with Crippen LogP contribution in [-0.2, 0) is 4.79 Å². The fourth-order valence-electron chi connectivity index (χ4n) is 3.39. The number of halogens is 6. The number of nitrogens with zero attached hydrogens (tertiary/aromatic N) is 1. The van der Waals surface area contributed by atoms with Gasteiger partial charge in [-0.3, -0.25) is 4.79 Å². The van der Waals surface area contributed by atoms with E-state index in [4.69, 9.17) is 0 Å². The molecule has 1 saturated heterocycles. The Hall–Kier alpha value is -0.990. The van der Waals surface area contributed by atoms with Crippen LogP contribution in [0.25, 0.3) is 0 Å². The molecule has 3 unspecified atom stereocenters. The summed E-state index contributed by atoms with van der Waals surface area (Å²) in [5.41, 5.74) is 0. The summed E-state index contributed by atoms with van der Waals surface area (Å²) < 4.78 is 75.7. The van der Waals surface area contributed by atoms with Crippen molar-refractivity contribution in [2.45, 2.75) is 63.0 Å². The smallest absolute Gasteiger partial charge is 0.332 e. The fraction of sp³-hybridized carbons (Fsp3) is 0.929. The van der Waals surface area contributed by atoms with Crippen molar-refractivity contribution in [3.05, 3.63) is 0 Å². The van der Waals surface area contributed by atoms with Crippen molar-refractivity contribution >= 4 is 5.91 Å². The van der Waals surface area contributed by atoms with Gasteiger partial charge in [0.05, 0.1) is 12.0 Å². The number of alkyl halides is 6. The lowest BCUT2D eigenvalue weighted by atomic mass is 9.84. The monoisotopic (exact) mass is 346 g/mol. The zero-order chi connectivity index (χ0) is 17.3. The van der Waals surface area contributed by atoms with Crippen LogP contribution in [0.15, 0.2) is 0 Å². The minimum atomic E-state index is -4.47.